The Labute approximate surface area is 181 Å². The predicted octanol–water partition coefficient (Wildman–Crippen LogP) is 2.10. The number of urea groups is 1. The Balaban J connectivity index is 1.51. The molecule has 0 aromatic heterocycles. The van der Waals surface area contributed by atoms with Crippen LogP contribution in [-0.4, -0.2) is 70.6 Å². The van der Waals surface area contributed by atoms with E-state index in [9.17, 15) is 17.6 Å². The van der Waals surface area contributed by atoms with Crippen molar-refractivity contribution in [2.45, 2.75) is 11.3 Å². The van der Waals surface area contributed by atoms with Gasteiger partial charge in [0.1, 0.15) is 22.2 Å². The minimum Gasteiger partial charge on any atom is -0.497 e. The number of amides is 2. The van der Waals surface area contributed by atoms with Gasteiger partial charge in [0.2, 0.25) is 10.0 Å². The number of ether oxygens (including phenoxy) is 2. The van der Waals surface area contributed by atoms with E-state index in [0.717, 1.165) is 11.6 Å². The van der Waals surface area contributed by atoms with Crippen molar-refractivity contribution in [3.8, 4) is 11.5 Å². The standard InChI is InChI=1S/C21H26FN3O5S/c1-29-17-8-7-16(19(15-17)30-2)9-10-23-21(26)24-11-13-25(14-12-24)31(27,28)20-6-4-3-5-18(20)22/h3-8,15H,9-14H2,1-2H3,(H,23,26). The summed E-state index contributed by atoms with van der Waals surface area (Å²) in [5, 5.41) is 2.85. The van der Waals surface area contributed by atoms with E-state index in [4.69, 9.17) is 9.47 Å². The van der Waals surface area contributed by atoms with Gasteiger partial charge in [-0.3, -0.25) is 0 Å². The van der Waals surface area contributed by atoms with Gasteiger partial charge in [0.05, 0.1) is 14.2 Å². The third kappa shape index (κ3) is 5.26. The highest BCUT2D eigenvalue weighted by Crippen LogP contribution is 2.25. The number of carbonyl (C=O) groups is 1. The van der Waals surface area contributed by atoms with Gasteiger partial charge in [0, 0.05) is 38.8 Å². The van der Waals surface area contributed by atoms with E-state index in [2.05, 4.69) is 5.32 Å². The summed E-state index contributed by atoms with van der Waals surface area (Å²) in [5.74, 6) is 0.588. The quantitative estimate of drug-likeness (QED) is 0.697. The number of rotatable bonds is 7. The smallest absolute Gasteiger partial charge is 0.317 e. The minimum atomic E-state index is -3.93. The summed E-state index contributed by atoms with van der Waals surface area (Å²) in [6, 6.07) is 10.5. The van der Waals surface area contributed by atoms with Gasteiger partial charge in [-0.2, -0.15) is 4.31 Å². The number of nitrogens with zero attached hydrogens (tertiary/aromatic N) is 2. The average molecular weight is 452 g/mol. The van der Waals surface area contributed by atoms with E-state index < -0.39 is 15.8 Å². The van der Waals surface area contributed by atoms with Gasteiger partial charge in [0.15, 0.2) is 0 Å². The van der Waals surface area contributed by atoms with Crippen LogP contribution in [0.25, 0.3) is 0 Å². The second-order valence-corrected chi connectivity index (χ2v) is 8.89. The Morgan fingerprint density at radius 1 is 1.06 bits per heavy atom. The van der Waals surface area contributed by atoms with Crippen LogP contribution >= 0.6 is 0 Å². The van der Waals surface area contributed by atoms with Crippen LogP contribution in [0.2, 0.25) is 0 Å². The highest BCUT2D eigenvalue weighted by atomic mass is 32.2. The van der Waals surface area contributed by atoms with Crippen molar-refractivity contribution in [2.75, 3.05) is 46.9 Å². The monoisotopic (exact) mass is 451 g/mol. The lowest BCUT2D eigenvalue weighted by Gasteiger charge is -2.34. The summed E-state index contributed by atoms with van der Waals surface area (Å²) in [6.07, 6.45) is 0.570. The van der Waals surface area contributed by atoms with E-state index in [0.29, 0.717) is 24.5 Å². The van der Waals surface area contributed by atoms with Crippen LogP contribution in [0.3, 0.4) is 0 Å². The zero-order valence-corrected chi connectivity index (χ0v) is 18.3. The summed E-state index contributed by atoms with van der Waals surface area (Å²) in [5.41, 5.74) is 0.935. The van der Waals surface area contributed by atoms with Crippen molar-refractivity contribution in [3.63, 3.8) is 0 Å². The molecule has 1 heterocycles. The topological polar surface area (TPSA) is 88.2 Å². The molecule has 0 aliphatic carbocycles. The lowest BCUT2D eigenvalue weighted by Crippen LogP contribution is -2.53. The third-order valence-corrected chi connectivity index (χ3v) is 7.08. The summed E-state index contributed by atoms with van der Waals surface area (Å²) in [4.78, 5) is 13.7. The summed E-state index contributed by atoms with van der Waals surface area (Å²) in [6.45, 7) is 1.07. The Bertz CT molecular complexity index is 1020. The van der Waals surface area contributed by atoms with Gasteiger partial charge in [0.25, 0.3) is 0 Å². The first-order valence-electron chi connectivity index (χ1n) is 9.85. The van der Waals surface area contributed by atoms with Crippen LogP contribution in [0.4, 0.5) is 9.18 Å². The predicted molar refractivity (Wildman–Crippen MR) is 113 cm³/mol. The number of halogens is 1. The second-order valence-electron chi connectivity index (χ2n) is 6.98. The molecule has 8 nitrogen and oxygen atoms in total. The van der Waals surface area contributed by atoms with Crippen LogP contribution in [0, 0.1) is 5.82 Å². The third-order valence-electron chi connectivity index (χ3n) is 5.15. The average Bonchev–Trinajstić information content (AvgIpc) is 2.79. The number of carbonyl (C=O) groups excluding carboxylic acids is 1. The SMILES string of the molecule is COc1ccc(CCNC(=O)N2CCN(S(=O)(=O)c3ccccc3F)CC2)c(OC)c1. The molecular formula is C21H26FN3O5S. The Morgan fingerprint density at radius 3 is 2.42 bits per heavy atom. The first-order valence-corrected chi connectivity index (χ1v) is 11.3. The molecule has 1 aliphatic rings. The van der Waals surface area contributed by atoms with Crippen LogP contribution in [0.15, 0.2) is 47.4 Å². The van der Waals surface area contributed by atoms with Crippen molar-refractivity contribution in [3.05, 3.63) is 53.8 Å². The van der Waals surface area contributed by atoms with Gasteiger partial charge in [-0.05, 0) is 30.2 Å². The number of methoxy groups -OCH3 is 2. The fourth-order valence-corrected chi connectivity index (χ4v) is 4.89. The molecule has 0 atom stereocenters. The van der Waals surface area contributed by atoms with Crippen LogP contribution < -0.4 is 14.8 Å². The van der Waals surface area contributed by atoms with E-state index in [1.807, 2.05) is 12.1 Å². The van der Waals surface area contributed by atoms with Crippen LogP contribution in [-0.2, 0) is 16.4 Å². The van der Waals surface area contributed by atoms with Gasteiger partial charge in [-0.15, -0.1) is 0 Å². The van der Waals surface area contributed by atoms with Crippen LogP contribution in [0.1, 0.15) is 5.56 Å². The largest absolute Gasteiger partial charge is 0.497 e. The second kappa shape index (κ2) is 9.97. The molecule has 0 bridgehead atoms. The maximum atomic E-state index is 13.9. The lowest BCUT2D eigenvalue weighted by atomic mass is 10.1. The fraction of sp³-hybridized carbons (Fsp3) is 0.381. The molecule has 0 unspecified atom stereocenters. The van der Waals surface area contributed by atoms with Gasteiger partial charge in [-0.1, -0.05) is 18.2 Å². The molecule has 168 valence electrons. The molecule has 3 rings (SSSR count). The molecule has 31 heavy (non-hydrogen) atoms. The first-order chi connectivity index (χ1) is 14.9. The molecule has 1 saturated heterocycles. The molecule has 10 heteroatoms. The first kappa shape index (κ1) is 22.8. The van der Waals surface area contributed by atoms with Crippen molar-refractivity contribution in [2.24, 2.45) is 0 Å². The molecule has 0 saturated carbocycles. The zero-order valence-electron chi connectivity index (χ0n) is 17.5. The van der Waals surface area contributed by atoms with Crippen molar-refractivity contribution in [1.29, 1.82) is 0 Å². The summed E-state index contributed by atoms with van der Waals surface area (Å²) >= 11 is 0. The maximum absolute atomic E-state index is 13.9. The Hall–Kier alpha value is -2.85. The van der Waals surface area contributed by atoms with Gasteiger partial charge in [-0.25, -0.2) is 17.6 Å². The van der Waals surface area contributed by atoms with Gasteiger partial charge < -0.3 is 19.7 Å². The Morgan fingerprint density at radius 2 is 1.77 bits per heavy atom. The van der Waals surface area contributed by atoms with E-state index in [1.165, 1.54) is 22.5 Å². The molecule has 1 fully saturated rings. The highest BCUT2D eigenvalue weighted by Gasteiger charge is 2.31. The number of piperazine rings is 1. The zero-order chi connectivity index (χ0) is 22.4. The molecule has 1 aliphatic heterocycles. The molecule has 0 spiro atoms. The minimum absolute atomic E-state index is 0.108. The number of nitrogens with one attached hydrogen (secondary N) is 1. The van der Waals surface area contributed by atoms with E-state index >= 15 is 0 Å². The number of hydrogen-bond acceptors (Lipinski definition) is 5. The van der Waals surface area contributed by atoms with E-state index in [1.54, 1.807) is 25.2 Å². The summed E-state index contributed by atoms with van der Waals surface area (Å²) in [7, 11) is -0.778. The van der Waals surface area contributed by atoms with Crippen molar-refractivity contribution in [1.82, 2.24) is 14.5 Å². The van der Waals surface area contributed by atoms with Crippen molar-refractivity contribution >= 4 is 16.1 Å². The molecule has 2 aromatic rings. The Kier molecular flexibility index (Phi) is 7.34. The molecule has 0 radical (unpaired) electrons. The normalized spacial score (nSPS) is 14.9. The van der Waals surface area contributed by atoms with E-state index in [-0.39, 0.29) is 37.1 Å². The number of sulfonamides is 1. The molecule has 2 aromatic carbocycles. The molecule has 1 N–H and O–H groups in total. The maximum Gasteiger partial charge on any atom is 0.317 e. The molecular weight excluding hydrogens is 425 g/mol. The number of benzene rings is 2. The van der Waals surface area contributed by atoms with Crippen molar-refractivity contribution < 1.29 is 27.1 Å². The summed E-state index contributed by atoms with van der Waals surface area (Å²) < 4.78 is 51.0. The van der Waals surface area contributed by atoms with Gasteiger partial charge >= 0.3 is 6.03 Å². The number of hydrogen-bond donors (Lipinski definition) is 1. The molecule has 2 amide bonds. The van der Waals surface area contributed by atoms with Crippen LogP contribution in [0.5, 0.6) is 11.5 Å². The lowest BCUT2D eigenvalue weighted by molar-refractivity contribution is 0.172. The highest BCUT2D eigenvalue weighted by molar-refractivity contribution is 7.89. The fourth-order valence-electron chi connectivity index (χ4n) is 3.40.